The Kier molecular flexibility index (Phi) is 5.83. The van der Waals surface area contributed by atoms with Crippen LogP contribution in [-0.2, 0) is 13.2 Å². The molecular formula is C20H21F4N7O3. The van der Waals surface area contributed by atoms with Crippen LogP contribution in [0.1, 0.15) is 12.0 Å². The summed E-state index contributed by atoms with van der Waals surface area (Å²) in [4.78, 5) is 48.2. The van der Waals surface area contributed by atoms with Crippen LogP contribution in [0.3, 0.4) is 0 Å². The number of rotatable bonds is 3. The molecule has 0 spiro atoms. The number of urea groups is 1. The highest BCUT2D eigenvalue weighted by atomic mass is 19.4. The fraction of sp³-hybridized carbons (Fsp3) is 0.400. The van der Waals surface area contributed by atoms with Gasteiger partial charge in [-0.05, 0) is 18.6 Å². The summed E-state index contributed by atoms with van der Waals surface area (Å²) in [6, 6.07) is 0.450. The number of nitrogens with one attached hydrogen (secondary N) is 3. The van der Waals surface area contributed by atoms with Crippen LogP contribution in [0.2, 0.25) is 0 Å². The van der Waals surface area contributed by atoms with E-state index in [1.54, 1.807) is 11.0 Å². The molecule has 2 amide bonds. The minimum absolute atomic E-state index is 0.0740. The van der Waals surface area contributed by atoms with Crippen molar-refractivity contribution in [3.05, 3.63) is 50.9 Å². The summed E-state index contributed by atoms with van der Waals surface area (Å²) in [7, 11) is 2.46. The van der Waals surface area contributed by atoms with E-state index < -0.39 is 46.9 Å². The van der Waals surface area contributed by atoms with Crippen LogP contribution in [0.4, 0.5) is 33.7 Å². The molecule has 4 rings (SSSR count). The molecule has 1 saturated heterocycles. The number of hydrogen-bond acceptors (Lipinski definition) is 5. The Hall–Kier alpha value is -3.84. The largest absolute Gasteiger partial charge is 0.417 e. The Morgan fingerprint density at radius 1 is 1.26 bits per heavy atom. The summed E-state index contributed by atoms with van der Waals surface area (Å²) in [6.45, 7) is 0.283. The molecule has 0 saturated carbocycles. The SMILES string of the molecule is CN(C(=O)Nc1cc(C(F)(F)F)cn(C)c1=O)[C@H]1CCN(c2cnc3[nH]c(=O)[nH]c3c2)C[C@@H]1F. The molecule has 34 heavy (non-hydrogen) atoms. The number of pyridine rings is 2. The first-order chi connectivity index (χ1) is 15.9. The summed E-state index contributed by atoms with van der Waals surface area (Å²) < 4.78 is 55.0. The Balaban J connectivity index is 1.46. The third kappa shape index (κ3) is 4.47. The zero-order chi connectivity index (χ0) is 24.8. The van der Waals surface area contributed by atoms with E-state index in [-0.39, 0.29) is 13.0 Å². The molecule has 3 N–H and O–H groups in total. The van der Waals surface area contributed by atoms with E-state index in [1.807, 2.05) is 0 Å². The molecule has 1 fully saturated rings. The van der Waals surface area contributed by atoms with E-state index in [4.69, 9.17) is 0 Å². The van der Waals surface area contributed by atoms with Gasteiger partial charge in [0.2, 0.25) is 0 Å². The number of aromatic nitrogens is 4. The van der Waals surface area contributed by atoms with Crippen molar-refractivity contribution in [1.29, 1.82) is 0 Å². The minimum atomic E-state index is -4.71. The number of fused-ring (bicyclic) bond motifs is 1. The fourth-order valence-electron chi connectivity index (χ4n) is 3.96. The molecule has 0 unspecified atom stereocenters. The molecule has 0 aliphatic carbocycles. The number of H-pyrrole nitrogens is 2. The van der Waals surface area contributed by atoms with E-state index in [2.05, 4.69) is 20.3 Å². The lowest BCUT2D eigenvalue weighted by Crippen LogP contribution is -2.54. The first-order valence-corrected chi connectivity index (χ1v) is 10.2. The molecule has 182 valence electrons. The molecule has 2 atom stereocenters. The Bertz CT molecular complexity index is 1350. The predicted molar refractivity (Wildman–Crippen MR) is 116 cm³/mol. The van der Waals surface area contributed by atoms with Gasteiger partial charge in [-0.1, -0.05) is 0 Å². The summed E-state index contributed by atoms with van der Waals surface area (Å²) in [5.74, 6) is 0. The van der Waals surface area contributed by atoms with Crippen LogP contribution in [0.5, 0.6) is 0 Å². The summed E-state index contributed by atoms with van der Waals surface area (Å²) in [5, 5.41) is 2.17. The quantitative estimate of drug-likeness (QED) is 0.493. The predicted octanol–water partition coefficient (Wildman–Crippen LogP) is 2.05. The molecule has 0 radical (unpaired) electrons. The number of halogens is 4. The highest BCUT2D eigenvalue weighted by Crippen LogP contribution is 2.30. The molecule has 10 nitrogen and oxygen atoms in total. The summed E-state index contributed by atoms with van der Waals surface area (Å²) >= 11 is 0. The van der Waals surface area contributed by atoms with Gasteiger partial charge in [-0.15, -0.1) is 0 Å². The van der Waals surface area contributed by atoms with Crippen LogP contribution in [0.15, 0.2) is 34.1 Å². The maximum Gasteiger partial charge on any atom is 0.417 e. The molecule has 0 bridgehead atoms. The van der Waals surface area contributed by atoms with Gasteiger partial charge in [0.15, 0.2) is 5.65 Å². The van der Waals surface area contributed by atoms with Crippen LogP contribution < -0.4 is 21.5 Å². The van der Waals surface area contributed by atoms with Crippen LogP contribution in [0, 0.1) is 0 Å². The van der Waals surface area contributed by atoms with Gasteiger partial charge < -0.3 is 24.7 Å². The molecule has 4 heterocycles. The van der Waals surface area contributed by atoms with Crippen molar-refractivity contribution < 1.29 is 22.4 Å². The number of alkyl halides is 4. The van der Waals surface area contributed by atoms with Crippen molar-refractivity contribution in [3.8, 4) is 0 Å². The lowest BCUT2D eigenvalue weighted by Gasteiger charge is -2.39. The fourth-order valence-corrected chi connectivity index (χ4v) is 3.96. The van der Waals surface area contributed by atoms with Crippen LogP contribution in [0.25, 0.3) is 11.2 Å². The number of aryl methyl sites for hydroxylation is 1. The Labute approximate surface area is 189 Å². The van der Waals surface area contributed by atoms with Crippen LogP contribution in [-0.4, -0.2) is 62.8 Å². The second kappa shape index (κ2) is 8.50. The zero-order valence-electron chi connectivity index (χ0n) is 18.1. The van der Waals surface area contributed by atoms with Crippen molar-refractivity contribution >= 4 is 28.6 Å². The van der Waals surface area contributed by atoms with Crippen LogP contribution >= 0.6 is 0 Å². The number of carbonyl (C=O) groups is 1. The number of hydrogen-bond donors (Lipinski definition) is 3. The first kappa shape index (κ1) is 23.3. The normalized spacial score (nSPS) is 18.8. The molecule has 0 aromatic carbocycles. The van der Waals surface area contributed by atoms with Gasteiger partial charge in [-0.3, -0.25) is 9.78 Å². The molecule has 14 heteroatoms. The Morgan fingerprint density at radius 3 is 2.68 bits per heavy atom. The summed E-state index contributed by atoms with van der Waals surface area (Å²) in [6.07, 6.45) is -3.86. The van der Waals surface area contributed by atoms with E-state index >= 15 is 4.39 Å². The molecule has 1 aliphatic heterocycles. The van der Waals surface area contributed by atoms with Gasteiger partial charge in [0, 0.05) is 26.8 Å². The molecule has 3 aromatic heterocycles. The lowest BCUT2D eigenvalue weighted by atomic mass is 10.0. The van der Waals surface area contributed by atoms with Crippen molar-refractivity contribution in [2.45, 2.75) is 24.8 Å². The van der Waals surface area contributed by atoms with Crippen molar-refractivity contribution in [1.82, 2.24) is 24.4 Å². The smallest absolute Gasteiger partial charge is 0.367 e. The summed E-state index contributed by atoms with van der Waals surface area (Å²) in [5.41, 5.74) is -1.46. The number of nitrogens with zero attached hydrogens (tertiary/aromatic N) is 4. The van der Waals surface area contributed by atoms with Crippen molar-refractivity contribution in [2.75, 3.05) is 30.4 Å². The molecule has 1 aliphatic rings. The van der Waals surface area contributed by atoms with Crippen molar-refractivity contribution in [2.24, 2.45) is 7.05 Å². The van der Waals surface area contributed by atoms with Gasteiger partial charge >= 0.3 is 17.9 Å². The van der Waals surface area contributed by atoms with E-state index in [0.29, 0.717) is 35.7 Å². The monoisotopic (exact) mass is 483 g/mol. The van der Waals surface area contributed by atoms with Gasteiger partial charge in [0.05, 0.1) is 35.6 Å². The van der Waals surface area contributed by atoms with Crippen molar-refractivity contribution in [3.63, 3.8) is 0 Å². The maximum absolute atomic E-state index is 15.1. The molecular weight excluding hydrogens is 462 g/mol. The number of anilines is 2. The van der Waals surface area contributed by atoms with Gasteiger partial charge in [0.1, 0.15) is 11.9 Å². The third-order valence-electron chi connectivity index (χ3n) is 5.80. The van der Waals surface area contributed by atoms with Gasteiger partial charge in [-0.2, -0.15) is 13.2 Å². The standard InChI is InChI=1S/C20H21F4N7O3/c1-29-8-10(20(22,23)24)5-14(17(29)32)27-19(34)30(2)15-3-4-31(9-12(15)21)11-6-13-16(25-7-11)28-18(33)26-13/h5-8,12,15H,3-4,9H2,1-2H3,(H,27,34)(H2,25,26,28,33)/t12-,15-/m0/s1. The average Bonchev–Trinajstić information content (AvgIpc) is 3.14. The highest BCUT2D eigenvalue weighted by Gasteiger charge is 2.35. The first-order valence-electron chi connectivity index (χ1n) is 10.2. The van der Waals surface area contributed by atoms with Gasteiger partial charge in [-0.25, -0.2) is 19.0 Å². The maximum atomic E-state index is 15.1. The number of piperidine rings is 1. The number of carbonyl (C=O) groups excluding carboxylic acids is 1. The highest BCUT2D eigenvalue weighted by molar-refractivity contribution is 5.89. The Morgan fingerprint density at radius 2 is 2.00 bits per heavy atom. The second-order valence-corrected chi connectivity index (χ2v) is 8.08. The number of amides is 2. The zero-order valence-corrected chi connectivity index (χ0v) is 18.1. The second-order valence-electron chi connectivity index (χ2n) is 8.08. The number of aromatic amines is 2. The molecule has 3 aromatic rings. The average molecular weight is 483 g/mol. The van der Waals surface area contributed by atoms with E-state index in [1.165, 1.54) is 13.2 Å². The van der Waals surface area contributed by atoms with E-state index in [9.17, 15) is 27.6 Å². The third-order valence-corrected chi connectivity index (χ3v) is 5.80. The van der Waals surface area contributed by atoms with Gasteiger partial charge in [0.25, 0.3) is 5.56 Å². The lowest BCUT2D eigenvalue weighted by molar-refractivity contribution is -0.138. The van der Waals surface area contributed by atoms with E-state index in [0.717, 1.165) is 16.5 Å². The topological polar surface area (TPSA) is 119 Å². The minimum Gasteiger partial charge on any atom is -0.367 e. The number of imidazole rings is 1.